The number of esters is 1. The first-order chi connectivity index (χ1) is 13.8. The van der Waals surface area contributed by atoms with E-state index in [1.165, 1.54) is 0 Å². The van der Waals surface area contributed by atoms with Crippen molar-refractivity contribution in [3.8, 4) is 0 Å². The lowest BCUT2D eigenvalue weighted by atomic mass is 9.71. The number of methoxy groups -OCH3 is 1. The number of carbonyl (C=O) groups excluding carboxylic acids is 1. The summed E-state index contributed by atoms with van der Waals surface area (Å²) in [7, 11) is 1.55. The molecule has 0 aromatic rings. The molecule has 6 aliphatic heterocycles. The Hall–Kier alpha value is -1.83. The Labute approximate surface area is 169 Å². The highest BCUT2D eigenvalue weighted by atomic mass is 16.7. The van der Waals surface area contributed by atoms with E-state index in [1.54, 1.807) is 21.0 Å². The van der Waals surface area contributed by atoms with Gasteiger partial charge in [-0.1, -0.05) is 19.1 Å². The van der Waals surface area contributed by atoms with Crippen molar-refractivity contribution in [1.29, 1.82) is 0 Å². The Kier molecular flexibility index (Phi) is 3.38. The fraction of sp³-hybridized carbons (Fsp3) is 0.682. The van der Waals surface area contributed by atoms with Crippen molar-refractivity contribution in [2.24, 2.45) is 17.8 Å². The van der Waals surface area contributed by atoms with Gasteiger partial charge in [-0.25, -0.2) is 4.79 Å². The van der Waals surface area contributed by atoms with Crippen LogP contribution in [0.4, 0.5) is 0 Å². The van der Waals surface area contributed by atoms with Crippen LogP contribution in [0.15, 0.2) is 35.0 Å². The molecule has 1 spiro atoms. The number of hydrogen-bond donors (Lipinski definition) is 1. The second kappa shape index (κ2) is 5.45. The predicted octanol–water partition coefficient (Wildman–Crippen LogP) is 1.84. The molecule has 6 heterocycles. The van der Waals surface area contributed by atoms with Crippen molar-refractivity contribution in [3.63, 3.8) is 0 Å². The first-order valence-electron chi connectivity index (χ1n) is 10.6. The molecule has 29 heavy (non-hydrogen) atoms. The summed E-state index contributed by atoms with van der Waals surface area (Å²) in [4.78, 5) is 14.8. The summed E-state index contributed by atoms with van der Waals surface area (Å²) in [5.41, 5.74) is 0.259. The van der Waals surface area contributed by atoms with Crippen molar-refractivity contribution in [3.05, 3.63) is 35.0 Å². The molecule has 0 saturated carbocycles. The van der Waals surface area contributed by atoms with Crippen LogP contribution in [0.25, 0.3) is 0 Å². The van der Waals surface area contributed by atoms with E-state index in [0.717, 1.165) is 19.4 Å². The molecule has 0 amide bonds. The van der Waals surface area contributed by atoms with Gasteiger partial charge in [-0.05, 0) is 26.7 Å². The van der Waals surface area contributed by atoms with E-state index in [2.05, 4.69) is 17.9 Å². The number of aliphatic hydroxyl groups excluding tert-OH is 1. The molecule has 6 aliphatic rings. The van der Waals surface area contributed by atoms with Crippen LogP contribution in [0.2, 0.25) is 0 Å². The molecular weight excluding hydrogens is 374 g/mol. The minimum absolute atomic E-state index is 0.0553. The topological polar surface area (TPSA) is 77.5 Å². The zero-order valence-electron chi connectivity index (χ0n) is 17.2. The Bertz CT molecular complexity index is 905. The molecule has 9 atom stereocenters. The van der Waals surface area contributed by atoms with E-state index < -0.39 is 11.9 Å². The molecule has 0 aromatic heterocycles. The van der Waals surface area contributed by atoms with Crippen LogP contribution >= 0.6 is 0 Å². The van der Waals surface area contributed by atoms with E-state index in [9.17, 15) is 9.90 Å². The molecule has 7 nitrogen and oxygen atoms in total. The molecule has 5 saturated heterocycles. The molecule has 2 unspecified atom stereocenters. The third-order valence-corrected chi connectivity index (χ3v) is 8.12. The first kappa shape index (κ1) is 18.0. The summed E-state index contributed by atoms with van der Waals surface area (Å²) in [5.74, 6) is 0.884. The summed E-state index contributed by atoms with van der Waals surface area (Å²) < 4.78 is 24.4. The maximum absolute atomic E-state index is 12.2. The standard InChI is InChI=1S/C22H27NO6/c1-10(24)5-7-21-14-6-8-23(21)13-9-15(21)28-22(14)16(13)11(2)18(29-22)19-17(26-4)12(3)20(25)27-19/h5,7,10-11,13-16,24H,6,8-9H2,1-4H3/b7-5+,19-18+/t10?,11-,13-,14-,15-,16+,21-,22+/m0/s1. The number of carbonyl (C=O) groups is 1. The molecule has 5 fully saturated rings. The molecule has 6 rings (SSSR count). The molecule has 0 radical (unpaired) electrons. The number of allylic oxidation sites excluding steroid dienone is 1. The normalized spacial score (nSPS) is 52.5. The number of fused-ring (bicyclic) bond motifs is 1. The Morgan fingerprint density at radius 2 is 2.21 bits per heavy atom. The minimum Gasteiger partial charge on any atom is -0.492 e. The zero-order chi connectivity index (χ0) is 20.3. The van der Waals surface area contributed by atoms with Crippen molar-refractivity contribution in [2.45, 2.75) is 63.2 Å². The fourth-order valence-corrected chi connectivity index (χ4v) is 7.21. The maximum Gasteiger partial charge on any atom is 0.343 e. The molecule has 1 N–H and O–H groups in total. The second-order valence-corrected chi connectivity index (χ2v) is 9.31. The average Bonchev–Trinajstić information content (AvgIpc) is 3.38. The van der Waals surface area contributed by atoms with E-state index in [-0.39, 0.29) is 35.4 Å². The number of hydrogen-bond acceptors (Lipinski definition) is 7. The largest absolute Gasteiger partial charge is 0.492 e. The highest BCUT2D eigenvalue weighted by Crippen LogP contribution is 2.72. The molecule has 7 heteroatoms. The smallest absolute Gasteiger partial charge is 0.343 e. The van der Waals surface area contributed by atoms with Crippen molar-refractivity contribution in [2.75, 3.05) is 13.7 Å². The van der Waals surface area contributed by atoms with Gasteiger partial charge in [0, 0.05) is 18.5 Å². The van der Waals surface area contributed by atoms with Gasteiger partial charge < -0.3 is 24.1 Å². The second-order valence-electron chi connectivity index (χ2n) is 9.31. The summed E-state index contributed by atoms with van der Waals surface area (Å²) in [6, 6.07) is 0.354. The summed E-state index contributed by atoms with van der Waals surface area (Å²) in [5, 5.41) is 9.87. The van der Waals surface area contributed by atoms with Crippen molar-refractivity contribution in [1.82, 2.24) is 4.90 Å². The molecule has 156 valence electrons. The number of aliphatic hydroxyl groups is 1. The highest BCUT2D eigenvalue weighted by Gasteiger charge is 2.83. The monoisotopic (exact) mass is 401 g/mol. The van der Waals surface area contributed by atoms with Gasteiger partial charge in [0.2, 0.25) is 11.5 Å². The lowest BCUT2D eigenvalue weighted by molar-refractivity contribution is -0.255. The number of cyclic esters (lactones) is 1. The molecular formula is C22H27NO6. The number of piperidine rings is 1. The Morgan fingerprint density at radius 1 is 1.41 bits per heavy atom. The van der Waals surface area contributed by atoms with Crippen LogP contribution in [0, 0.1) is 17.8 Å². The van der Waals surface area contributed by atoms with Gasteiger partial charge >= 0.3 is 5.97 Å². The van der Waals surface area contributed by atoms with E-state index >= 15 is 0 Å². The van der Waals surface area contributed by atoms with Crippen molar-refractivity contribution >= 4 is 5.97 Å². The number of rotatable bonds is 3. The summed E-state index contributed by atoms with van der Waals surface area (Å²) >= 11 is 0. The Morgan fingerprint density at radius 3 is 2.93 bits per heavy atom. The molecule has 0 aliphatic carbocycles. The van der Waals surface area contributed by atoms with Gasteiger partial charge in [-0.3, -0.25) is 4.90 Å². The molecule has 0 aromatic carbocycles. The van der Waals surface area contributed by atoms with E-state index in [4.69, 9.17) is 18.9 Å². The average molecular weight is 401 g/mol. The van der Waals surface area contributed by atoms with Crippen LogP contribution in [0.3, 0.4) is 0 Å². The van der Waals surface area contributed by atoms with Gasteiger partial charge in [0.25, 0.3) is 0 Å². The Balaban J connectivity index is 1.47. The first-order valence-corrected chi connectivity index (χ1v) is 10.6. The van der Waals surface area contributed by atoms with Gasteiger partial charge in [-0.2, -0.15) is 0 Å². The maximum atomic E-state index is 12.2. The van der Waals surface area contributed by atoms with Gasteiger partial charge in [-0.15, -0.1) is 0 Å². The minimum atomic E-state index is -0.701. The van der Waals surface area contributed by atoms with Gasteiger partial charge in [0.1, 0.15) is 5.76 Å². The van der Waals surface area contributed by atoms with E-state index in [1.807, 2.05) is 6.08 Å². The van der Waals surface area contributed by atoms with Gasteiger partial charge in [0.05, 0.1) is 42.3 Å². The highest BCUT2D eigenvalue weighted by molar-refractivity contribution is 5.93. The zero-order valence-corrected chi connectivity index (χ0v) is 17.2. The van der Waals surface area contributed by atoms with Crippen LogP contribution in [-0.2, 0) is 23.7 Å². The van der Waals surface area contributed by atoms with Crippen LogP contribution < -0.4 is 0 Å². The third-order valence-electron chi connectivity index (χ3n) is 8.12. The number of ether oxygens (including phenoxy) is 4. The lowest BCUT2D eigenvalue weighted by Gasteiger charge is -2.47. The van der Waals surface area contributed by atoms with E-state index in [0.29, 0.717) is 28.9 Å². The molecule has 5 bridgehead atoms. The van der Waals surface area contributed by atoms with Gasteiger partial charge in [0.15, 0.2) is 5.76 Å². The van der Waals surface area contributed by atoms with Crippen LogP contribution in [-0.4, -0.2) is 59.2 Å². The number of nitrogens with zero attached hydrogens (tertiary/aromatic N) is 1. The predicted molar refractivity (Wildman–Crippen MR) is 101 cm³/mol. The quantitative estimate of drug-likeness (QED) is 0.571. The van der Waals surface area contributed by atoms with Crippen molar-refractivity contribution < 1.29 is 28.8 Å². The summed E-state index contributed by atoms with van der Waals surface area (Å²) in [6.07, 6.45) is 5.59. The van der Waals surface area contributed by atoms with Crippen LogP contribution in [0.5, 0.6) is 0 Å². The SMILES string of the molecule is COC1=C(C)C(=O)O/C1=C1/O[C@@]23O[C@H]4C[C@@H]([C@H]2[C@@H]1C)N1CC[C@H]3[C@@]41/C=C/C(C)O. The fourth-order valence-electron chi connectivity index (χ4n) is 7.21. The third kappa shape index (κ3) is 1.84. The summed E-state index contributed by atoms with van der Waals surface area (Å²) in [6.45, 7) is 6.65. The van der Waals surface area contributed by atoms with Crippen LogP contribution in [0.1, 0.15) is 33.6 Å². The lowest BCUT2D eigenvalue weighted by Crippen LogP contribution is -2.60.